The van der Waals surface area contributed by atoms with Crippen molar-refractivity contribution in [2.24, 2.45) is 11.7 Å². The standard InChI is InChI=1S/C14H27N3O/c1-16-9-3-4-11(10-16)14(18)17(2)13-7-5-12(15)6-8-13/h11-13H,3-10,15H2,1-2H3. The third-order valence-electron chi connectivity index (χ3n) is 4.61. The lowest BCUT2D eigenvalue weighted by atomic mass is 9.89. The molecule has 104 valence electrons. The van der Waals surface area contributed by atoms with Crippen LogP contribution in [0.4, 0.5) is 0 Å². The SMILES string of the molecule is CN1CCCC(C(=O)N(C)C2CCC(N)CC2)C1. The number of rotatable bonds is 2. The number of amides is 1. The summed E-state index contributed by atoms with van der Waals surface area (Å²) in [5.41, 5.74) is 5.92. The van der Waals surface area contributed by atoms with Crippen LogP contribution in [0.1, 0.15) is 38.5 Å². The summed E-state index contributed by atoms with van der Waals surface area (Å²) in [6, 6.07) is 0.773. The van der Waals surface area contributed by atoms with Gasteiger partial charge in [0, 0.05) is 25.7 Å². The van der Waals surface area contributed by atoms with Gasteiger partial charge in [-0.25, -0.2) is 0 Å². The summed E-state index contributed by atoms with van der Waals surface area (Å²) in [5.74, 6) is 0.561. The van der Waals surface area contributed by atoms with Gasteiger partial charge in [0.2, 0.25) is 5.91 Å². The van der Waals surface area contributed by atoms with Crippen LogP contribution in [0.3, 0.4) is 0 Å². The molecule has 1 amide bonds. The van der Waals surface area contributed by atoms with Gasteiger partial charge in [-0.3, -0.25) is 4.79 Å². The maximum Gasteiger partial charge on any atom is 0.226 e. The topological polar surface area (TPSA) is 49.6 Å². The zero-order chi connectivity index (χ0) is 13.1. The highest BCUT2D eigenvalue weighted by atomic mass is 16.2. The van der Waals surface area contributed by atoms with Gasteiger partial charge in [-0.1, -0.05) is 0 Å². The van der Waals surface area contributed by atoms with Crippen LogP contribution in [0.15, 0.2) is 0 Å². The van der Waals surface area contributed by atoms with Crippen molar-refractivity contribution in [3.63, 3.8) is 0 Å². The number of hydrogen-bond donors (Lipinski definition) is 1. The Kier molecular flexibility index (Phi) is 4.62. The minimum Gasteiger partial charge on any atom is -0.342 e. The van der Waals surface area contributed by atoms with Crippen LogP contribution in [-0.2, 0) is 4.79 Å². The minimum atomic E-state index is 0.212. The molecule has 1 saturated heterocycles. The lowest BCUT2D eigenvalue weighted by molar-refractivity contribution is -0.138. The van der Waals surface area contributed by atoms with Crippen LogP contribution >= 0.6 is 0 Å². The Morgan fingerprint density at radius 1 is 1.22 bits per heavy atom. The van der Waals surface area contributed by atoms with E-state index >= 15 is 0 Å². The van der Waals surface area contributed by atoms with E-state index in [1.807, 2.05) is 11.9 Å². The van der Waals surface area contributed by atoms with Crippen LogP contribution in [-0.4, -0.2) is 55.0 Å². The quantitative estimate of drug-likeness (QED) is 0.800. The molecule has 18 heavy (non-hydrogen) atoms. The predicted octanol–water partition coefficient (Wildman–Crippen LogP) is 1.06. The Hall–Kier alpha value is -0.610. The van der Waals surface area contributed by atoms with Crippen molar-refractivity contribution >= 4 is 5.91 Å². The van der Waals surface area contributed by atoms with Crippen molar-refractivity contribution < 1.29 is 4.79 Å². The largest absolute Gasteiger partial charge is 0.342 e. The summed E-state index contributed by atoms with van der Waals surface area (Å²) in [5, 5.41) is 0. The van der Waals surface area contributed by atoms with Gasteiger partial charge in [0.05, 0.1) is 5.92 Å². The zero-order valence-corrected chi connectivity index (χ0v) is 11.8. The highest BCUT2D eigenvalue weighted by Crippen LogP contribution is 2.24. The van der Waals surface area contributed by atoms with Gasteiger partial charge in [0.1, 0.15) is 0 Å². The first-order valence-electron chi connectivity index (χ1n) is 7.28. The number of nitrogens with two attached hydrogens (primary N) is 1. The fraction of sp³-hybridized carbons (Fsp3) is 0.929. The molecule has 2 aliphatic rings. The fourth-order valence-electron chi connectivity index (χ4n) is 3.32. The van der Waals surface area contributed by atoms with Crippen LogP contribution in [0, 0.1) is 5.92 Å². The molecular weight excluding hydrogens is 226 g/mol. The van der Waals surface area contributed by atoms with Crippen molar-refractivity contribution in [1.29, 1.82) is 0 Å². The zero-order valence-electron chi connectivity index (χ0n) is 11.8. The average molecular weight is 253 g/mol. The maximum atomic E-state index is 12.5. The van der Waals surface area contributed by atoms with Crippen LogP contribution in [0.25, 0.3) is 0 Å². The normalized spacial score (nSPS) is 34.3. The van der Waals surface area contributed by atoms with E-state index in [1.54, 1.807) is 0 Å². The van der Waals surface area contributed by atoms with E-state index in [4.69, 9.17) is 5.73 Å². The van der Waals surface area contributed by atoms with Gasteiger partial charge in [-0.2, -0.15) is 0 Å². The average Bonchev–Trinajstić information content (AvgIpc) is 2.38. The van der Waals surface area contributed by atoms with E-state index in [1.165, 1.54) is 0 Å². The minimum absolute atomic E-state index is 0.212. The molecule has 1 atom stereocenters. The molecule has 0 bridgehead atoms. The molecule has 4 heteroatoms. The van der Waals surface area contributed by atoms with Crippen molar-refractivity contribution in [3.8, 4) is 0 Å². The van der Waals surface area contributed by atoms with E-state index in [-0.39, 0.29) is 5.92 Å². The molecule has 0 spiro atoms. The first-order valence-corrected chi connectivity index (χ1v) is 7.28. The smallest absolute Gasteiger partial charge is 0.226 e. The second kappa shape index (κ2) is 6.02. The predicted molar refractivity (Wildman–Crippen MR) is 73.2 cm³/mol. The fourth-order valence-corrected chi connectivity index (χ4v) is 3.32. The molecule has 0 radical (unpaired) electrons. The highest BCUT2D eigenvalue weighted by molar-refractivity contribution is 5.79. The third kappa shape index (κ3) is 3.23. The summed E-state index contributed by atoms with van der Waals surface area (Å²) in [6.45, 7) is 2.06. The van der Waals surface area contributed by atoms with Gasteiger partial charge in [-0.05, 0) is 52.1 Å². The van der Waals surface area contributed by atoms with Gasteiger partial charge in [0.15, 0.2) is 0 Å². The number of carbonyl (C=O) groups is 1. The molecule has 0 aromatic heterocycles. The van der Waals surface area contributed by atoms with E-state index in [0.29, 0.717) is 18.0 Å². The Bertz CT molecular complexity index is 287. The Morgan fingerprint density at radius 3 is 2.50 bits per heavy atom. The summed E-state index contributed by atoms with van der Waals surface area (Å²) >= 11 is 0. The number of carbonyl (C=O) groups excluding carboxylic acids is 1. The van der Waals surface area contributed by atoms with Crippen molar-refractivity contribution in [3.05, 3.63) is 0 Å². The van der Waals surface area contributed by atoms with Gasteiger partial charge < -0.3 is 15.5 Å². The number of piperidine rings is 1. The molecule has 0 aromatic carbocycles. The molecule has 1 heterocycles. The second-order valence-electron chi connectivity index (χ2n) is 6.12. The first-order chi connectivity index (χ1) is 8.58. The van der Waals surface area contributed by atoms with Crippen LogP contribution in [0.2, 0.25) is 0 Å². The van der Waals surface area contributed by atoms with E-state index < -0.39 is 0 Å². The van der Waals surface area contributed by atoms with Crippen LogP contribution in [0.5, 0.6) is 0 Å². The van der Waals surface area contributed by atoms with Gasteiger partial charge in [0.25, 0.3) is 0 Å². The molecule has 0 aromatic rings. The monoisotopic (exact) mass is 253 g/mol. The Labute approximate surface area is 110 Å². The molecule has 4 nitrogen and oxygen atoms in total. The summed E-state index contributed by atoms with van der Waals surface area (Å²) < 4.78 is 0. The molecule has 1 aliphatic heterocycles. The molecule has 1 aliphatic carbocycles. The van der Waals surface area contributed by atoms with Crippen LogP contribution < -0.4 is 5.73 Å². The third-order valence-corrected chi connectivity index (χ3v) is 4.61. The summed E-state index contributed by atoms with van der Waals surface area (Å²) in [7, 11) is 4.09. The first kappa shape index (κ1) is 13.8. The lowest BCUT2D eigenvalue weighted by Gasteiger charge is -2.37. The maximum absolute atomic E-state index is 12.5. The van der Waals surface area contributed by atoms with Crippen molar-refractivity contribution in [1.82, 2.24) is 9.80 Å². The van der Waals surface area contributed by atoms with Crippen molar-refractivity contribution in [2.75, 3.05) is 27.2 Å². The molecule has 1 unspecified atom stereocenters. The Morgan fingerprint density at radius 2 is 1.89 bits per heavy atom. The molecular formula is C14H27N3O. The lowest BCUT2D eigenvalue weighted by Crippen LogP contribution is -2.47. The second-order valence-corrected chi connectivity index (χ2v) is 6.12. The summed E-state index contributed by atoms with van der Waals surface area (Å²) in [6.07, 6.45) is 6.48. The Balaban J connectivity index is 1.87. The van der Waals surface area contributed by atoms with Crippen molar-refractivity contribution in [2.45, 2.75) is 50.6 Å². The van der Waals surface area contributed by atoms with E-state index in [9.17, 15) is 4.79 Å². The highest BCUT2D eigenvalue weighted by Gasteiger charge is 2.31. The molecule has 2 fully saturated rings. The van der Waals surface area contributed by atoms with Gasteiger partial charge >= 0.3 is 0 Å². The summed E-state index contributed by atoms with van der Waals surface area (Å²) in [4.78, 5) is 16.8. The van der Waals surface area contributed by atoms with E-state index in [2.05, 4.69) is 11.9 Å². The number of likely N-dealkylation sites (tertiary alicyclic amines) is 1. The molecule has 1 saturated carbocycles. The molecule has 2 N–H and O–H groups in total. The number of hydrogen-bond acceptors (Lipinski definition) is 3. The van der Waals surface area contributed by atoms with Gasteiger partial charge in [-0.15, -0.1) is 0 Å². The van der Waals surface area contributed by atoms with E-state index in [0.717, 1.165) is 51.6 Å². The molecule has 2 rings (SSSR count). The number of nitrogens with zero attached hydrogens (tertiary/aromatic N) is 2.